The number of methoxy groups -OCH3 is 1. The summed E-state index contributed by atoms with van der Waals surface area (Å²) in [6.45, 7) is 5.17. The second kappa shape index (κ2) is 8.93. The Morgan fingerprint density at radius 3 is 2.96 bits per heavy atom. The molecule has 1 heterocycles. The molecule has 0 aromatic heterocycles. The summed E-state index contributed by atoms with van der Waals surface area (Å²) in [6.07, 6.45) is 7.93. The van der Waals surface area contributed by atoms with Crippen LogP contribution in [0.2, 0.25) is 0 Å². The van der Waals surface area contributed by atoms with Crippen LogP contribution >= 0.6 is 0 Å². The van der Waals surface area contributed by atoms with Crippen LogP contribution in [-0.4, -0.2) is 48.4 Å². The number of terminal acetylenes is 1. The number of benzene rings is 1. The summed E-state index contributed by atoms with van der Waals surface area (Å²) >= 11 is 0. The molecule has 0 bridgehead atoms. The van der Waals surface area contributed by atoms with Gasteiger partial charge in [-0.05, 0) is 12.5 Å². The van der Waals surface area contributed by atoms with Crippen molar-refractivity contribution in [3.63, 3.8) is 0 Å². The Hall–Kier alpha value is -2.74. The lowest BCUT2D eigenvalue weighted by Crippen LogP contribution is -2.46. The lowest BCUT2D eigenvalue weighted by molar-refractivity contribution is -0.142. The SMILES string of the molecule is C#CCN(CC=C)C(=O)[C@H]1CCC(=O)N(Cc2ccccc2OC)C1. The van der Waals surface area contributed by atoms with E-state index in [2.05, 4.69) is 12.5 Å². The van der Waals surface area contributed by atoms with E-state index < -0.39 is 0 Å². The van der Waals surface area contributed by atoms with Crippen LogP contribution in [0, 0.1) is 18.3 Å². The van der Waals surface area contributed by atoms with E-state index in [1.807, 2.05) is 24.3 Å². The van der Waals surface area contributed by atoms with E-state index in [1.165, 1.54) is 0 Å². The van der Waals surface area contributed by atoms with Crippen LogP contribution in [0.5, 0.6) is 5.75 Å². The number of hydrogen-bond donors (Lipinski definition) is 0. The molecular formula is C20H24N2O3. The molecule has 2 amide bonds. The molecule has 0 spiro atoms. The molecule has 132 valence electrons. The minimum atomic E-state index is -0.235. The molecule has 0 saturated carbocycles. The highest BCUT2D eigenvalue weighted by atomic mass is 16.5. The summed E-state index contributed by atoms with van der Waals surface area (Å²) in [5.74, 6) is 3.05. The van der Waals surface area contributed by atoms with E-state index in [4.69, 9.17) is 11.2 Å². The van der Waals surface area contributed by atoms with Gasteiger partial charge in [0.2, 0.25) is 11.8 Å². The summed E-state index contributed by atoms with van der Waals surface area (Å²) in [5, 5.41) is 0. The average molecular weight is 340 g/mol. The Kier molecular flexibility index (Phi) is 6.64. The first-order chi connectivity index (χ1) is 12.1. The molecule has 5 nitrogen and oxygen atoms in total. The van der Waals surface area contributed by atoms with Gasteiger partial charge < -0.3 is 14.5 Å². The molecular weight excluding hydrogens is 316 g/mol. The first-order valence-corrected chi connectivity index (χ1v) is 8.33. The number of amides is 2. The zero-order chi connectivity index (χ0) is 18.2. The summed E-state index contributed by atoms with van der Waals surface area (Å²) < 4.78 is 5.35. The molecule has 1 aliphatic heterocycles. The van der Waals surface area contributed by atoms with E-state index >= 15 is 0 Å². The molecule has 1 fully saturated rings. The van der Waals surface area contributed by atoms with Crippen LogP contribution in [0.4, 0.5) is 0 Å². The van der Waals surface area contributed by atoms with Crippen molar-refractivity contribution in [1.82, 2.24) is 9.80 Å². The fourth-order valence-corrected chi connectivity index (χ4v) is 3.07. The lowest BCUT2D eigenvalue weighted by atomic mass is 9.95. The molecule has 1 aromatic carbocycles. The topological polar surface area (TPSA) is 49.9 Å². The molecule has 2 rings (SSSR count). The fraction of sp³-hybridized carbons (Fsp3) is 0.400. The molecule has 1 atom stereocenters. The van der Waals surface area contributed by atoms with Crippen LogP contribution in [0.25, 0.3) is 0 Å². The zero-order valence-corrected chi connectivity index (χ0v) is 14.6. The molecule has 0 aliphatic carbocycles. The van der Waals surface area contributed by atoms with Gasteiger partial charge in [-0.3, -0.25) is 9.59 Å². The van der Waals surface area contributed by atoms with Gasteiger partial charge >= 0.3 is 0 Å². The number of rotatable bonds is 7. The molecule has 25 heavy (non-hydrogen) atoms. The van der Waals surface area contributed by atoms with Gasteiger partial charge in [-0.2, -0.15) is 0 Å². The van der Waals surface area contributed by atoms with Crippen molar-refractivity contribution in [2.45, 2.75) is 19.4 Å². The van der Waals surface area contributed by atoms with Gasteiger partial charge in [0.15, 0.2) is 0 Å². The smallest absolute Gasteiger partial charge is 0.228 e. The van der Waals surface area contributed by atoms with Gasteiger partial charge in [0.05, 0.1) is 19.6 Å². The molecule has 0 radical (unpaired) electrons. The number of carbonyl (C=O) groups excluding carboxylic acids is 2. The predicted molar refractivity (Wildman–Crippen MR) is 96.7 cm³/mol. The van der Waals surface area contributed by atoms with Crippen molar-refractivity contribution >= 4 is 11.8 Å². The average Bonchev–Trinajstić information content (AvgIpc) is 2.63. The van der Waals surface area contributed by atoms with Crippen molar-refractivity contribution in [1.29, 1.82) is 0 Å². The summed E-state index contributed by atoms with van der Waals surface area (Å²) in [4.78, 5) is 28.4. The Morgan fingerprint density at radius 1 is 1.52 bits per heavy atom. The van der Waals surface area contributed by atoms with Crippen LogP contribution < -0.4 is 4.74 Å². The number of piperidine rings is 1. The molecule has 1 saturated heterocycles. The predicted octanol–water partition coefficient (Wildman–Crippen LogP) is 2.08. The highest BCUT2D eigenvalue weighted by Gasteiger charge is 2.32. The van der Waals surface area contributed by atoms with Gasteiger partial charge in [0.25, 0.3) is 0 Å². The van der Waals surface area contributed by atoms with Gasteiger partial charge in [-0.1, -0.05) is 30.2 Å². The maximum Gasteiger partial charge on any atom is 0.228 e. The van der Waals surface area contributed by atoms with Crippen molar-refractivity contribution in [2.24, 2.45) is 5.92 Å². The number of nitrogens with zero attached hydrogens (tertiary/aromatic N) is 2. The Balaban J connectivity index is 2.10. The highest BCUT2D eigenvalue weighted by Crippen LogP contribution is 2.25. The molecule has 0 N–H and O–H groups in total. The number of likely N-dealkylation sites (tertiary alicyclic amines) is 1. The standard InChI is InChI=1S/C20H24N2O3/c1-4-12-21(13-5-2)20(24)17-10-11-19(23)22(15-17)14-16-8-6-7-9-18(16)25-3/h1,5-9,17H,2,10-15H2,3H3/t17-/m0/s1. The fourth-order valence-electron chi connectivity index (χ4n) is 3.07. The minimum absolute atomic E-state index is 0.0182. The second-order valence-corrected chi connectivity index (χ2v) is 6.03. The van der Waals surface area contributed by atoms with Crippen LogP contribution in [0.1, 0.15) is 18.4 Å². The third-order valence-corrected chi connectivity index (χ3v) is 4.35. The second-order valence-electron chi connectivity index (χ2n) is 6.03. The Morgan fingerprint density at radius 2 is 2.28 bits per heavy atom. The van der Waals surface area contributed by atoms with E-state index in [9.17, 15) is 9.59 Å². The number of carbonyl (C=O) groups is 2. The van der Waals surface area contributed by atoms with Gasteiger partial charge in [0, 0.05) is 31.6 Å². The van der Waals surface area contributed by atoms with Crippen molar-refractivity contribution in [2.75, 3.05) is 26.7 Å². The van der Waals surface area contributed by atoms with Gasteiger partial charge in [-0.25, -0.2) is 0 Å². The van der Waals surface area contributed by atoms with Crippen molar-refractivity contribution in [3.8, 4) is 18.1 Å². The van der Waals surface area contributed by atoms with Crippen molar-refractivity contribution < 1.29 is 14.3 Å². The normalized spacial score (nSPS) is 16.9. The van der Waals surface area contributed by atoms with Crippen LogP contribution in [0.15, 0.2) is 36.9 Å². The molecule has 5 heteroatoms. The van der Waals surface area contributed by atoms with Crippen LogP contribution in [0.3, 0.4) is 0 Å². The Labute approximate surface area is 149 Å². The third kappa shape index (κ3) is 4.63. The quantitative estimate of drug-likeness (QED) is 0.564. The van der Waals surface area contributed by atoms with Crippen molar-refractivity contribution in [3.05, 3.63) is 42.5 Å². The molecule has 1 aliphatic rings. The van der Waals surface area contributed by atoms with E-state index in [0.717, 1.165) is 11.3 Å². The summed E-state index contributed by atoms with van der Waals surface area (Å²) in [5.41, 5.74) is 0.929. The monoisotopic (exact) mass is 340 g/mol. The molecule has 1 aromatic rings. The van der Waals surface area contributed by atoms with Crippen LogP contribution in [-0.2, 0) is 16.1 Å². The van der Waals surface area contributed by atoms with E-state index in [0.29, 0.717) is 32.5 Å². The lowest BCUT2D eigenvalue weighted by Gasteiger charge is -2.34. The zero-order valence-electron chi connectivity index (χ0n) is 14.6. The Bertz CT molecular complexity index is 678. The van der Waals surface area contributed by atoms with Gasteiger partial charge in [-0.15, -0.1) is 13.0 Å². The van der Waals surface area contributed by atoms with Gasteiger partial charge in [0.1, 0.15) is 5.75 Å². The summed E-state index contributed by atoms with van der Waals surface area (Å²) in [7, 11) is 1.61. The van der Waals surface area contributed by atoms with E-state index in [1.54, 1.807) is 23.0 Å². The number of ether oxygens (including phenoxy) is 1. The minimum Gasteiger partial charge on any atom is -0.496 e. The largest absolute Gasteiger partial charge is 0.496 e. The number of para-hydroxylation sites is 1. The number of hydrogen-bond acceptors (Lipinski definition) is 3. The maximum absolute atomic E-state index is 12.7. The molecule has 0 unspecified atom stereocenters. The highest BCUT2D eigenvalue weighted by molar-refractivity contribution is 5.84. The van der Waals surface area contributed by atoms with E-state index in [-0.39, 0.29) is 24.3 Å². The summed E-state index contributed by atoms with van der Waals surface area (Å²) in [6, 6.07) is 7.60. The maximum atomic E-state index is 12.7. The first kappa shape index (κ1) is 18.6. The third-order valence-electron chi connectivity index (χ3n) is 4.35. The first-order valence-electron chi connectivity index (χ1n) is 8.33.